The molecule has 0 aliphatic carbocycles. The van der Waals surface area contributed by atoms with Gasteiger partial charge in [-0.15, -0.1) is 0 Å². The van der Waals surface area contributed by atoms with E-state index in [2.05, 4.69) is 4.90 Å². The third-order valence-corrected chi connectivity index (χ3v) is 5.00. The van der Waals surface area contributed by atoms with Crippen LogP contribution in [-0.2, 0) is 4.79 Å². The minimum atomic E-state index is -4.95. The summed E-state index contributed by atoms with van der Waals surface area (Å²) in [6.45, 7) is 5.09. The lowest BCUT2D eigenvalue weighted by Gasteiger charge is -2.41. The molecule has 2 aliphatic heterocycles. The van der Waals surface area contributed by atoms with Crippen molar-refractivity contribution in [3.63, 3.8) is 0 Å². The van der Waals surface area contributed by atoms with Crippen molar-refractivity contribution in [3.05, 3.63) is 0 Å². The van der Waals surface area contributed by atoms with Crippen molar-refractivity contribution in [1.82, 2.24) is 9.80 Å². The number of hydrogen-bond acceptors (Lipinski definition) is 3. The predicted molar refractivity (Wildman–Crippen MR) is 76.3 cm³/mol. The van der Waals surface area contributed by atoms with Crippen LogP contribution < -0.4 is 0 Å². The molecule has 2 rings (SSSR count). The van der Waals surface area contributed by atoms with Crippen molar-refractivity contribution in [1.29, 1.82) is 0 Å². The summed E-state index contributed by atoms with van der Waals surface area (Å²) in [5.74, 6) is -2.41. The molecule has 128 valence electrons. The van der Waals surface area contributed by atoms with Crippen LogP contribution >= 0.6 is 0 Å². The Bertz CT molecular complexity index is 400. The number of piperidine rings is 1. The Hall–Kier alpha value is -0.820. The summed E-state index contributed by atoms with van der Waals surface area (Å²) in [5.41, 5.74) is -3.28. The number of alkyl halides is 3. The number of carbonyl (C=O) groups is 1. The lowest BCUT2D eigenvalue weighted by atomic mass is 9.87. The summed E-state index contributed by atoms with van der Waals surface area (Å²) < 4.78 is 39.5. The van der Waals surface area contributed by atoms with Gasteiger partial charge in [0, 0.05) is 25.0 Å². The van der Waals surface area contributed by atoms with Crippen LogP contribution in [0.1, 0.15) is 39.5 Å². The molecule has 0 radical (unpaired) electrons. The van der Waals surface area contributed by atoms with E-state index < -0.39 is 23.6 Å². The van der Waals surface area contributed by atoms with Crippen molar-refractivity contribution in [3.8, 4) is 0 Å². The summed E-state index contributed by atoms with van der Waals surface area (Å²) >= 11 is 0. The van der Waals surface area contributed by atoms with Gasteiger partial charge in [-0.2, -0.15) is 13.2 Å². The van der Waals surface area contributed by atoms with Crippen molar-refractivity contribution >= 4 is 5.91 Å². The van der Waals surface area contributed by atoms with Crippen LogP contribution in [0.4, 0.5) is 13.2 Å². The number of hydrogen-bond donors (Lipinski definition) is 1. The van der Waals surface area contributed by atoms with Gasteiger partial charge in [0.2, 0.25) is 5.60 Å². The molecule has 4 nitrogen and oxygen atoms in total. The molecule has 1 atom stereocenters. The minimum absolute atomic E-state index is 0.283. The van der Waals surface area contributed by atoms with E-state index in [1.807, 2.05) is 0 Å². The van der Waals surface area contributed by atoms with Crippen LogP contribution in [0.25, 0.3) is 0 Å². The molecule has 0 aromatic rings. The fourth-order valence-electron chi connectivity index (χ4n) is 3.48. The van der Waals surface area contributed by atoms with Crippen molar-refractivity contribution in [2.24, 2.45) is 5.92 Å². The minimum Gasteiger partial charge on any atom is -0.372 e. The second-order valence-corrected chi connectivity index (χ2v) is 6.69. The van der Waals surface area contributed by atoms with Gasteiger partial charge in [-0.3, -0.25) is 4.79 Å². The van der Waals surface area contributed by atoms with Crippen molar-refractivity contribution in [2.45, 2.75) is 57.3 Å². The molecule has 1 unspecified atom stereocenters. The quantitative estimate of drug-likeness (QED) is 0.864. The Labute approximate surface area is 129 Å². The predicted octanol–water partition coefficient (Wildman–Crippen LogP) is 2.02. The van der Waals surface area contributed by atoms with E-state index in [4.69, 9.17) is 0 Å². The van der Waals surface area contributed by atoms with Gasteiger partial charge >= 0.3 is 6.18 Å². The van der Waals surface area contributed by atoms with E-state index in [1.54, 1.807) is 0 Å². The topological polar surface area (TPSA) is 43.8 Å². The van der Waals surface area contributed by atoms with Gasteiger partial charge in [-0.25, -0.2) is 0 Å². The Morgan fingerprint density at radius 2 is 1.59 bits per heavy atom. The Kier molecular flexibility index (Phi) is 5.06. The second kappa shape index (κ2) is 6.35. The fourth-order valence-corrected chi connectivity index (χ4v) is 3.48. The number of halogens is 3. The first-order valence-corrected chi connectivity index (χ1v) is 8.00. The van der Waals surface area contributed by atoms with Crippen molar-refractivity contribution < 1.29 is 23.1 Å². The molecular formula is C15H25F3N2O2. The highest BCUT2D eigenvalue weighted by Gasteiger charge is 2.62. The molecule has 2 saturated heterocycles. The van der Waals surface area contributed by atoms with Crippen LogP contribution in [0.2, 0.25) is 0 Å². The molecular weight excluding hydrogens is 297 g/mol. The number of nitrogens with zero attached hydrogens (tertiary/aromatic N) is 2. The molecule has 2 heterocycles. The summed E-state index contributed by atoms with van der Waals surface area (Å²) in [6.07, 6.45) is -1.26. The van der Waals surface area contributed by atoms with Crippen LogP contribution in [0, 0.1) is 5.92 Å². The lowest BCUT2D eigenvalue weighted by molar-refractivity contribution is -0.269. The standard InChI is InChI=1S/C15H25F3N2O2/c1-11(2)14(22,15(16,17)18)13(21)20-9-5-12(6-10-20)19-7-3-4-8-19/h11-12,22H,3-10H2,1-2H3. The van der Waals surface area contributed by atoms with E-state index >= 15 is 0 Å². The third kappa shape index (κ3) is 3.11. The van der Waals surface area contributed by atoms with E-state index in [1.165, 1.54) is 31.6 Å². The van der Waals surface area contributed by atoms with Crippen LogP contribution in [-0.4, -0.2) is 64.8 Å². The number of rotatable bonds is 3. The van der Waals surface area contributed by atoms with Crippen LogP contribution in [0.15, 0.2) is 0 Å². The molecule has 2 aliphatic rings. The van der Waals surface area contributed by atoms with Gasteiger partial charge in [-0.1, -0.05) is 13.8 Å². The Morgan fingerprint density at radius 1 is 1.09 bits per heavy atom. The van der Waals surface area contributed by atoms with Crippen LogP contribution in [0.3, 0.4) is 0 Å². The molecule has 0 saturated carbocycles. The highest BCUT2D eigenvalue weighted by atomic mass is 19.4. The maximum atomic E-state index is 13.2. The molecule has 2 fully saturated rings. The summed E-state index contributed by atoms with van der Waals surface area (Å²) in [6, 6.07) is 0.351. The average molecular weight is 322 g/mol. The lowest BCUT2D eigenvalue weighted by Crippen LogP contribution is -2.62. The monoisotopic (exact) mass is 322 g/mol. The second-order valence-electron chi connectivity index (χ2n) is 6.69. The molecule has 0 bridgehead atoms. The summed E-state index contributed by atoms with van der Waals surface area (Å²) in [5, 5.41) is 10.00. The molecule has 0 aromatic carbocycles. The normalized spacial score (nSPS) is 24.8. The van der Waals surface area contributed by atoms with Gasteiger partial charge in [0.1, 0.15) is 0 Å². The number of likely N-dealkylation sites (tertiary alicyclic amines) is 2. The Morgan fingerprint density at radius 3 is 2.00 bits per heavy atom. The largest absolute Gasteiger partial charge is 0.426 e. The van der Waals surface area contributed by atoms with Gasteiger partial charge in [-0.05, 0) is 38.8 Å². The van der Waals surface area contributed by atoms with Gasteiger partial charge in [0.15, 0.2) is 0 Å². The number of carbonyl (C=O) groups excluding carboxylic acids is 1. The van der Waals surface area contributed by atoms with Crippen LogP contribution in [0.5, 0.6) is 0 Å². The number of amides is 1. The smallest absolute Gasteiger partial charge is 0.372 e. The van der Waals surface area contributed by atoms with Gasteiger partial charge in [0.05, 0.1) is 0 Å². The highest BCUT2D eigenvalue weighted by Crippen LogP contribution is 2.38. The molecule has 7 heteroatoms. The van der Waals surface area contributed by atoms with E-state index in [-0.39, 0.29) is 13.1 Å². The van der Waals surface area contributed by atoms with Gasteiger partial charge in [0.25, 0.3) is 5.91 Å². The molecule has 1 amide bonds. The first-order chi connectivity index (χ1) is 10.2. The fraction of sp³-hybridized carbons (Fsp3) is 0.933. The Balaban J connectivity index is 2.01. The first kappa shape index (κ1) is 17.5. The summed E-state index contributed by atoms with van der Waals surface area (Å²) in [7, 11) is 0. The highest BCUT2D eigenvalue weighted by molar-refractivity contribution is 5.86. The summed E-state index contributed by atoms with van der Waals surface area (Å²) in [4.78, 5) is 15.8. The number of aliphatic hydroxyl groups is 1. The zero-order valence-electron chi connectivity index (χ0n) is 13.2. The van der Waals surface area contributed by atoms with E-state index in [9.17, 15) is 23.1 Å². The zero-order valence-corrected chi connectivity index (χ0v) is 13.2. The molecule has 22 heavy (non-hydrogen) atoms. The van der Waals surface area contributed by atoms with Gasteiger partial charge < -0.3 is 14.9 Å². The van der Waals surface area contributed by atoms with E-state index in [0.717, 1.165) is 13.1 Å². The van der Waals surface area contributed by atoms with E-state index in [0.29, 0.717) is 18.9 Å². The maximum Gasteiger partial charge on any atom is 0.426 e. The zero-order chi connectivity index (χ0) is 16.5. The average Bonchev–Trinajstić information content (AvgIpc) is 2.98. The first-order valence-electron chi connectivity index (χ1n) is 8.00. The van der Waals surface area contributed by atoms with Crippen molar-refractivity contribution in [2.75, 3.05) is 26.2 Å². The third-order valence-electron chi connectivity index (χ3n) is 5.00. The molecule has 0 aromatic heterocycles. The SMILES string of the molecule is CC(C)C(O)(C(=O)N1CCC(N2CCCC2)CC1)C(F)(F)F. The maximum absolute atomic E-state index is 13.2. The molecule has 0 spiro atoms. The molecule has 1 N–H and O–H groups in total.